The minimum absolute atomic E-state index is 0.0759. The van der Waals surface area contributed by atoms with Gasteiger partial charge in [-0.3, -0.25) is 4.79 Å². The van der Waals surface area contributed by atoms with E-state index in [0.717, 1.165) is 0 Å². The molecule has 1 amide bonds. The predicted octanol–water partition coefficient (Wildman–Crippen LogP) is 3.33. The van der Waals surface area contributed by atoms with Gasteiger partial charge in [-0.05, 0) is 42.5 Å². The Morgan fingerprint density at radius 3 is 2.83 bits per heavy atom. The summed E-state index contributed by atoms with van der Waals surface area (Å²) in [7, 11) is 1.50. The number of hydrogen-bond donors (Lipinski definition) is 2. The van der Waals surface area contributed by atoms with Gasteiger partial charge in [0, 0.05) is 16.6 Å². The third-order valence-electron chi connectivity index (χ3n) is 3.41. The van der Waals surface area contributed by atoms with Crippen molar-refractivity contribution in [2.45, 2.75) is 6.61 Å². The molecule has 3 aromatic rings. The van der Waals surface area contributed by atoms with Crippen molar-refractivity contribution < 1.29 is 23.4 Å². The molecule has 0 radical (unpaired) electrons. The monoisotopic (exact) mass is 315 g/mol. The van der Waals surface area contributed by atoms with E-state index >= 15 is 0 Å². The van der Waals surface area contributed by atoms with Crippen LogP contribution in [0.25, 0.3) is 11.0 Å². The Kier molecular flexibility index (Phi) is 3.99. The summed E-state index contributed by atoms with van der Waals surface area (Å²) >= 11 is 0. The number of fused-ring (bicyclic) bond motifs is 1. The van der Waals surface area contributed by atoms with Crippen molar-refractivity contribution in [3.63, 3.8) is 0 Å². The average molecular weight is 315 g/mol. The quantitative estimate of drug-likeness (QED) is 0.774. The van der Waals surface area contributed by atoms with Crippen molar-refractivity contribution in [3.8, 4) is 5.75 Å². The largest absolute Gasteiger partial charge is 0.496 e. The highest BCUT2D eigenvalue weighted by Crippen LogP contribution is 2.24. The number of carbonyl (C=O) groups excluding carboxylic acids is 1. The Morgan fingerprint density at radius 1 is 1.26 bits per heavy atom. The second kappa shape index (κ2) is 6.10. The fourth-order valence-electron chi connectivity index (χ4n) is 2.30. The average Bonchev–Trinajstić information content (AvgIpc) is 2.97. The number of carbonyl (C=O) groups is 1. The molecule has 0 saturated heterocycles. The number of amides is 1. The lowest BCUT2D eigenvalue weighted by atomic mass is 10.2. The number of aliphatic hydroxyl groups excluding tert-OH is 1. The topological polar surface area (TPSA) is 71.7 Å². The summed E-state index contributed by atoms with van der Waals surface area (Å²) in [5, 5.41) is 12.5. The minimum atomic E-state index is -0.462. The van der Waals surface area contributed by atoms with E-state index in [9.17, 15) is 14.3 Å². The van der Waals surface area contributed by atoms with Gasteiger partial charge in [0.15, 0.2) is 5.76 Å². The Labute approximate surface area is 131 Å². The van der Waals surface area contributed by atoms with Gasteiger partial charge in [0.1, 0.15) is 17.1 Å². The van der Waals surface area contributed by atoms with Crippen LogP contribution in [0.15, 0.2) is 46.9 Å². The van der Waals surface area contributed by atoms with Crippen LogP contribution in [0.1, 0.15) is 16.1 Å². The number of methoxy groups -OCH3 is 1. The standard InChI is InChI=1S/C17H14FNO4/c1-22-14-5-3-13(7-11(14)9-20)19-17(21)16-8-10-6-12(18)2-4-15(10)23-16/h2-8,20H,9H2,1H3,(H,19,21). The van der Waals surface area contributed by atoms with Crippen LogP contribution in [0.5, 0.6) is 5.75 Å². The first-order valence-corrected chi connectivity index (χ1v) is 6.89. The van der Waals surface area contributed by atoms with Crippen molar-refractivity contribution in [3.05, 3.63) is 59.6 Å². The lowest BCUT2D eigenvalue weighted by molar-refractivity contribution is 0.0998. The van der Waals surface area contributed by atoms with Gasteiger partial charge in [0.2, 0.25) is 0 Å². The number of anilines is 1. The molecule has 1 aromatic heterocycles. The van der Waals surface area contributed by atoms with E-state index in [0.29, 0.717) is 28.0 Å². The first-order valence-electron chi connectivity index (χ1n) is 6.89. The van der Waals surface area contributed by atoms with Crippen molar-refractivity contribution >= 4 is 22.6 Å². The molecule has 2 N–H and O–H groups in total. The third kappa shape index (κ3) is 3.02. The highest BCUT2D eigenvalue weighted by atomic mass is 19.1. The number of aliphatic hydroxyl groups is 1. The molecule has 0 saturated carbocycles. The summed E-state index contributed by atoms with van der Waals surface area (Å²) < 4.78 is 23.7. The SMILES string of the molecule is COc1ccc(NC(=O)c2cc3cc(F)ccc3o2)cc1CO. The highest BCUT2D eigenvalue weighted by molar-refractivity contribution is 6.04. The zero-order valence-electron chi connectivity index (χ0n) is 12.3. The van der Waals surface area contributed by atoms with E-state index in [2.05, 4.69) is 5.32 Å². The first-order chi connectivity index (χ1) is 11.1. The van der Waals surface area contributed by atoms with E-state index < -0.39 is 11.7 Å². The van der Waals surface area contributed by atoms with Gasteiger partial charge in [0.05, 0.1) is 13.7 Å². The minimum Gasteiger partial charge on any atom is -0.496 e. The van der Waals surface area contributed by atoms with Crippen LogP contribution >= 0.6 is 0 Å². The molecule has 6 heteroatoms. The molecule has 5 nitrogen and oxygen atoms in total. The van der Waals surface area contributed by atoms with Crippen LogP contribution in [0.2, 0.25) is 0 Å². The van der Waals surface area contributed by atoms with E-state index in [-0.39, 0.29) is 12.4 Å². The number of hydrogen-bond acceptors (Lipinski definition) is 4. The molecular formula is C17H14FNO4. The number of rotatable bonds is 4. The van der Waals surface area contributed by atoms with Crippen molar-refractivity contribution in [2.24, 2.45) is 0 Å². The van der Waals surface area contributed by atoms with Gasteiger partial charge in [-0.2, -0.15) is 0 Å². The molecule has 23 heavy (non-hydrogen) atoms. The van der Waals surface area contributed by atoms with Crippen LogP contribution in [0.3, 0.4) is 0 Å². The molecular weight excluding hydrogens is 301 g/mol. The molecule has 3 rings (SSSR count). The van der Waals surface area contributed by atoms with Crippen molar-refractivity contribution in [1.29, 1.82) is 0 Å². The van der Waals surface area contributed by atoms with Crippen LogP contribution in [-0.4, -0.2) is 18.1 Å². The molecule has 0 aliphatic carbocycles. The maximum absolute atomic E-state index is 13.2. The number of halogens is 1. The van der Waals surface area contributed by atoms with Crippen molar-refractivity contribution in [2.75, 3.05) is 12.4 Å². The van der Waals surface area contributed by atoms with E-state index in [1.807, 2.05) is 0 Å². The van der Waals surface area contributed by atoms with Gasteiger partial charge < -0.3 is 19.6 Å². The van der Waals surface area contributed by atoms with Crippen molar-refractivity contribution in [1.82, 2.24) is 0 Å². The smallest absolute Gasteiger partial charge is 0.291 e. The third-order valence-corrected chi connectivity index (χ3v) is 3.41. The zero-order chi connectivity index (χ0) is 16.4. The Balaban J connectivity index is 1.85. The van der Waals surface area contributed by atoms with Gasteiger partial charge in [-0.1, -0.05) is 0 Å². The lowest BCUT2D eigenvalue weighted by Crippen LogP contribution is -2.11. The Morgan fingerprint density at radius 2 is 2.09 bits per heavy atom. The van der Waals surface area contributed by atoms with Gasteiger partial charge in [0.25, 0.3) is 5.91 Å². The maximum Gasteiger partial charge on any atom is 0.291 e. The summed E-state index contributed by atoms with van der Waals surface area (Å²) in [5.74, 6) is -0.250. The van der Waals surface area contributed by atoms with E-state index in [4.69, 9.17) is 9.15 Å². The molecule has 0 atom stereocenters. The molecule has 118 valence electrons. The summed E-state index contributed by atoms with van der Waals surface area (Å²) in [5.41, 5.74) is 1.48. The van der Waals surface area contributed by atoms with Gasteiger partial charge >= 0.3 is 0 Å². The molecule has 1 heterocycles. The lowest BCUT2D eigenvalue weighted by Gasteiger charge is -2.09. The second-order valence-electron chi connectivity index (χ2n) is 4.93. The maximum atomic E-state index is 13.2. The number of ether oxygens (including phenoxy) is 1. The van der Waals surface area contributed by atoms with Gasteiger partial charge in [-0.25, -0.2) is 4.39 Å². The first kappa shape index (κ1) is 15.1. The Bertz CT molecular complexity index is 872. The highest BCUT2D eigenvalue weighted by Gasteiger charge is 2.14. The summed E-state index contributed by atoms with van der Waals surface area (Å²) in [4.78, 5) is 12.2. The summed E-state index contributed by atoms with van der Waals surface area (Å²) in [6.45, 7) is -0.212. The number of benzene rings is 2. The summed E-state index contributed by atoms with van der Waals surface area (Å²) in [6.07, 6.45) is 0. The second-order valence-corrected chi connectivity index (χ2v) is 4.93. The van der Waals surface area contributed by atoms with Crippen LogP contribution in [0, 0.1) is 5.82 Å². The molecule has 0 fully saturated rings. The van der Waals surface area contributed by atoms with E-state index in [1.165, 1.54) is 31.4 Å². The zero-order valence-corrected chi connectivity index (χ0v) is 12.3. The summed E-state index contributed by atoms with van der Waals surface area (Å²) in [6, 6.07) is 10.4. The Hall–Kier alpha value is -2.86. The molecule has 0 aliphatic rings. The molecule has 2 aromatic carbocycles. The van der Waals surface area contributed by atoms with E-state index in [1.54, 1.807) is 18.2 Å². The molecule has 0 aliphatic heterocycles. The fourth-order valence-corrected chi connectivity index (χ4v) is 2.30. The number of furan rings is 1. The van der Waals surface area contributed by atoms with Crippen LogP contribution < -0.4 is 10.1 Å². The van der Waals surface area contributed by atoms with Crippen LogP contribution in [-0.2, 0) is 6.61 Å². The normalized spacial score (nSPS) is 10.7. The van der Waals surface area contributed by atoms with Gasteiger partial charge in [-0.15, -0.1) is 0 Å². The van der Waals surface area contributed by atoms with Crippen LogP contribution in [0.4, 0.5) is 10.1 Å². The molecule has 0 unspecified atom stereocenters. The predicted molar refractivity (Wildman–Crippen MR) is 83.0 cm³/mol. The fraction of sp³-hybridized carbons (Fsp3) is 0.118. The number of nitrogens with one attached hydrogen (secondary N) is 1. The molecule has 0 spiro atoms. The molecule has 0 bridgehead atoms.